The molecule has 0 fully saturated rings. The molecule has 0 amide bonds. The largest absolute Gasteiger partial charge is 0.467 e. The zero-order valence-corrected chi connectivity index (χ0v) is 12.5. The summed E-state index contributed by atoms with van der Waals surface area (Å²) in [6.07, 6.45) is 0. The minimum atomic E-state index is -0.545. The number of nitrogens with zero attached hydrogens (tertiary/aromatic N) is 4. The van der Waals surface area contributed by atoms with Gasteiger partial charge >= 0.3 is 5.97 Å². The van der Waals surface area contributed by atoms with E-state index in [0.717, 1.165) is 22.0 Å². The number of hydrogen-bond acceptors (Lipinski definition) is 7. The summed E-state index contributed by atoms with van der Waals surface area (Å²) in [7, 11) is 1.35. The number of carbonyl (C=O) groups is 1. The lowest BCUT2D eigenvalue weighted by Crippen LogP contribution is -2.27. The molecule has 1 aromatic carbocycles. The topological polar surface area (TPSA) is 67.2 Å². The van der Waals surface area contributed by atoms with Crippen LogP contribution >= 0.6 is 11.3 Å². The van der Waals surface area contributed by atoms with Crippen LogP contribution in [0.4, 0.5) is 5.69 Å². The first-order chi connectivity index (χ1) is 10.2. The predicted octanol–water partition coefficient (Wildman–Crippen LogP) is 2.85. The average molecular weight is 302 g/mol. The summed E-state index contributed by atoms with van der Waals surface area (Å²) in [5.41, 5.74) is 2.92. The zero-order valence-electron chi connectivity index (χ0n) is 11.7. The summed E-state index contributed by atoms with van der Waals surface area (Å²) in [5, 5.41) is 12.7. The fraction of sp³-hybridized carbons (Fsp3) is 0.286. The number of methoxy groups -OCH3 is 1. The van der Waals surface area contributed by atoms with E-state index in [1.165, 1.54) is 7.11 Å². The van der Waals surface area contributed by atoms with Gasteiger partial charge in [-0.25, -0.2) is 14.8 Å². The van der Waals surface area contributed by atoms with E-state index in [9.17, 15) is 4.79 Å². The van der Waals surface area contributed by atoms with Crippen molar-refractivity contribution in [3.63, 3.8) is 0 Å². The van der Waals surface area contributed by atoms with Crippen molar-refractivity contribution in [1.82, 2.24) is 4.98 Å². The Kier molecular flexibility index (Phi) is 3.66. The smallest absolute Gasteiger partial charge is 0.334 e. The molecule has 108 valence electrons. The monoisotopic (exact) mass is 302 g/mol. The highest BCUT2D eigenvalue weighted by Crippen LogP contribution is 2.26. The van der Waals surface area contributed by atoms with Crippen LogP contribution in [0.3, 0.4) is 0 Å². The van der Waals surface area contributed by atoms with Gasteiger partial charge in [0.15, 0.2) is 6.04 Å². The highest BCUT2D eigenvalue weighted by molar-refractivity contribution is 7.09. The maximum absolute atomic E-state index is 11.4. The van der Waals surface area contributed by atoms with Crippen LogP contribution in [0, 0.1) is 6.92 Å². The van der Waals surface area contributed by atoms with Crippen LogP contribution in [0.2, 0.25) is 0 Å². The Morgan fingerprint density at radius 1 is 1.38 bits per heavy atom. The van der Waals surface area contributed by atoms with Gasteiger partial charge in [0.05, 0.1) is 30.0 Å². The van der Waals surface area contributed by atoms with E-state index in [-0.39, 0.29) is 5.97 Å². The third kappa shape index (κ3) is 2.78. The maximum Gasteiger partial charge on any atom is 0.334 e. The van der Waals surface area contributed by atoms with Crippen molar-refractivity contribution >= 4 is 23.0 Å². The molecule has 1 atom stereocenters. The van der Waals surface area contributed by atoms with E-state index in [0.29, 0.717) is 6.54 Å². The second-order valence-electron chi connectivity index (χ2n) is 4.62. The van der Waals surface area contributed by atoms with Crippen LogP contribution in [-0.4, -0.2) is 30.6 Å². The van der Waals surface area contributed by atoms with Crippen LogP contribution < -0.4 is 5.01 Å². The van der Waals surface area contributed by atoms with Gasteiger partial charge in [0.2, 0.25) is 0 Å². The molecule has 0 spiro atoms. The molecule has 21 heavy (non-hydrogen) atoms. The summed E-state index contributed by atoms with van der Waals surface area (Å²) < 4.78 is 4.67. The van der Waals surface area contributed by atoms with Crippen LogP contribution in [0.15, 0.2) is 40.0 Å². The minimum Gasteiger partial charge on any atom is -0.467 e. The first-order valence-electron chi connectivity index (χ1n) is 6.46. The third-order valence-electron chi connectivity index (χ3n) is 3.20. The van der Waals surface area contributed by atoms with Crippen LogP contribution in [0.1, 0.15) is 5.01 Å². The van der Waals surface area contributed by atoms with Gasteiger partial charge in [-0.1, -0.05) is 17.4 Å². The van der Waals surface area contributed by atoms with E-state index >= 15 is 0 Å². The number of esters is 1. The Hall–Kier alpha value is -2.28. The Bertz CT molecular complexity index is 681. The number of carbonyl (C=O) groups excluding carboxylic acids is 1. The number of ether oxygens (including phenoxy) is 1. The van der Waals surface area contributed by atoms with Crippen LogP contribution in [0.5, 0.6) is 0 Å². The molecule has 7 heteroatoms. The lowest BCUT2D eigenvalue weighted by atomic mass is 10.1. The fourth-order valence-electron chi connectivity index (χ4n) is 2.08. The fourth-order valence-corrected chi connectivity index (χ4v) is 2.70. The molecule has 0 radical (unpaired) electrons. The van der Waals surface area contributed by atoms with Gasteiger partial charge in [0, 0.05) is 10.9 Å². The van der Waals surface area contributed by atoms with E-state index < -0.39 is 6.04 Å². The van der Waals surface area contributed by atoms with Gasteiger partial charge in [0.25, 0.3) is 0 Å². The first-order valence-corrected chi connectivity index (χ1v) is 7.34. The Balaban J connectivity index is 1.74. The van der Waals surface area contributed by atoms with Crippen molar-refractivity contribution in [3.05, 3.63) is 34.7 Å². The highest BCUT2D eigenvalue weighted by Gasteiger charge is 2.27. The molecule has 1 aliphatic rings. The number of rotatable bonds is 3. The van der Waals surface area contributed by atoms with E-state index in [1.54, 1.807) is 16.3 Å². The number of hydrogen-bond donors (Lipinski definition) is 0. The Morgan fingerprint density at radius 3 is 2.76 bits per heavy atom. The number of aryl methyl sites for hydroxylation is 1. The summed E-state index contributed by atoms with van der Waals surface area (Å²) in [6, 6.07) is 7.33. The average Bonchev–Trinajstić information content (AvgIpc) is 3.16. The molecule has 0 aliphatic carbocycles. The molecule has 1 aliphatic heterocycles. The molecular formula is C14H14N4O2S. The number of aromatic nitrogens is 1. The van der Waals surface area contributed by atoms with E-state index in [1.807, 2.05) is 36.6 Å². The quantitative estimate of drug-likeness (QED) is 0.818. The van der Waals surface area contributed by atoms with Gasteiger partial charge < -0.3 is 4.74 Å². The second-order valence-corrected chi connectivity index (χ2v) is 5.69. The highest BCUT2D eigenvalue weighted by atomic mass is 32.1. The maximum atomic E-state index is 11.4. The molecule has 1 unspecified atom stereocenters. The second kappa shape index (κ2) is 5.61. The van der Waals surface area contributed by atoms with E-state index in [4.69, 9.17) is 0 Å². The predicted molar refractivity (Wildman–Crippen MR) is 80.3 cm³/mol. The summed E-state index contributed by atoms with van der Waals surface area (Å²) >= 11 is 1.63. The molecule has 3 rings (SSSR count). The van der Waals surface area contributed by atoms with Gasteiger partial charge in [-0.15, -0.1) is 11.3 Å². The SMILES string of the molecule is COC(=O)C1CN(c2ccc(-c3csc(C)n3)cc2)N=N1. The molecule has 0 saturated heterocycles. The van der Waals surface area contributed by atoms with Crippen molar-refractivity contribution in [2.45, 2.75) is 13.0 Å². The number of benzene rings is 1. The van der Waals surface area contributed by atoms with Crippen molar-refractivity contribution in [1.29, 1.82) is 0 Å². The van der Waals surface area contributed by atoms with Crippen molar-refractivity contribution in [2.24, 2.45) is 10.3 Å². The first kappa shape index (κ1) is 13.7. The van der Waals surface area contributed by atoms with Gasteiger partial charge in [-0.2, -0.15) is 5.11 Å². The molecule has 0 bridgehead atoms. The van der Waals surface area contributed by atoms with Crippen molar-refractivity contribution < 1.29 is 9.53 Å². The normalized spacial score (nSPS) is 17.2. The summed E-state index contributed by atoms with van der Waals surface area (Å²) in [4.78, 5) is 15.9. The minimum absolute atomic E-state index is 0.365. The van der Waals surface area contributed by atoms with Crippen molar-refractivity contribution in [3.8, 4) is 11.3 Å². The zero-order chi connectivity index (χ0) is 14.8. The summed E-state index contributed by atoms with van der Waals surface area (Å²) in [6.45, 7) is 2.39. The lowest BCUT2D eigenvalue weighted by molar-refractivity contribution is -0.141. The van der Waals surface area contributed by atoms with Crippen molar-refractivity contribution in [2.75, 3.05) is 18.7 Å². The molecule has 0 N–H and O–H groups in total. The molecule has 2 heterocycles. The molecule has 0 saturated carbocycles. The Morgan fingerprint density at radius 2 is 2.14 bits per heavy atom. The van der Waals surface area contributed by atoms with Gasteiger partial charge in [-0.3, -0.25) is 0 Å². The molecule has 6 nitrogen and oxygen atoms in total. The number of anilines is 1. The van der Waals surface area contributed by atoms with Crippen LogP contribution in [-0.2, 0) is 9.53 Å². The number of thiazole rings is 1. The molecular weight excluding hydrogens is 288 g/mol. The van der Waals surface area contributed by atoms with Gasteiger partial charge in [-0.05, 0) is 19.1 Å². The lowest BCUT2D eigenvalue weighted by Gasteiger charge is -2.13. The third-order valence-corrected chi connectivity index (χ3v) is 3.97. The molecule has 2 aromatic rings. The Labute approximate surface area is 126 Å². The summed E-state index contributed by atoms with van der Waals surface area (Å²) in [5.74, 6) is -0.365. The standard InChI is InChI=1S/C14H14N4O2S/c1-9-15-13(8-21-9)10-3-5-11(6-4-10)18-7-12(16-17-18)14(19)20-2/h3-6,8,12H,7H2,1-2H3. The molecule has 1 aromatic heterocycles. The van der Waals surface area contributed by atoms with Crippen LogP contribution in [0.25, 0.3) is 11.3 Å². The van der Waals surface area contributed by atoms with Gasteiger partial charge in [0.1, 0.15) is 0 Å². The van der Waals surface area contributed by atoms with E-state index in [2.05, 4.69) is 20.1 Å².